The largest absolute Gasteiger partial charge is 0.324 e. The molecule has 1 heterocycles. The molecule has 1 amide bonds. The van der Waals surface area contributed by atoms with E-state index in [1.54, 1.807) is 48.5 Å². The van der Waals surface area contributed by atoms with Crippen molar-refractivity contribution in [3.05, 3.63) is 58.6 Å². The van der Waals surface area contributed by atoms with Crippen LogP contribution in [0, 0.1) is 0 Å². The van der Waals surface area contributed by atoms with Crippen molar-refractivity contribution >= 4 is 44.8 Å². The highest BCUT2D eigenvalue weighted by Gasteiger charge is 2.28. The van der Waals surface area contributed by atoms with Gasteiger partial charge in [-0.15, -0.1) is 0 Å². The molecule has 2 aromatic carbocycles. The van der Waals surface area contributed by atoms with Gasteiger partial charge < -0.3 is 5.32 Å². The molecule has 3 rings (SSSR count). The number of anilines is 1. The number of hydrogen-bond donors (Lipinski definition) is 1. The molecule has 1 aliphatic rings. The lowest BCUT2D eigenvalue weighted by Crippen LogP contribution is -2.50. The lowest BCUT2D eigenvalue weighted by atomic mass is 10.3. The van der Waals surface area contributed by atoms with Crippen LogP contribution in [0.2, 0.25) is 10.0 Å². The number of piperazine rings is 1. The Bertz CT molecular complexity index is 915. The van der Waals surface area contributed by atoms with Gasteiger partial charge in [0.05, 0.1) is 22.2 Å². The van der Waals surface area contributed by atoms with Gasteiger partial charge in [0.15, 0.2) is 0 Å². The molecule has 27 heavy (non-hydrogen) atoms. The SMILES string of the molecule is O=C(CN1CCN(S(=O)(=O)c2ccccc2)CC1)Nc1cc(Cl)ccc1Cl. The Morgan fingerprint density at radius 2 is 1.67 bits per heavy atom. The minimum atomic E-state index is -3.50. The van der Waals surface area contributed by atoms with Crippen molar-refractivity contribution in [1.29, 1.82) is 0 Å². The summed E-state index contributed by atoms with van der Waals surface area (Å²) in [7, 11) is -3.50. The molecule has 1 aliphatic heterocycles. The quantitative estimate of drug-likeness (QED) is 0.795. The Morgan fingerprint density at radius 3 is 2.33 bits per heavy atom. The van der Waals surface area contributed by atoms with Crippen LogP contribution in [-0.2, 0) is 14.8 Å². The maximum absolute atomic E-state index is 12.6. The summed E-state index contributed by atoms with van der Waals surface area (Å²) < 4.78 is 26.7. The van der Waals surface area contributed by atoms with Gasteiger partial charge in [-0.3, -0.25) is 9.69 Å². The van der Waals surface area contributed by atoms with Crippen LogP contribution < -0.4 is 5.32 Å². The topological polar surface area (TPSA) is 69.7 Å². The molecule has 9 heteroatoms. The first-order valence-electron chi connectivity index (χ1n) is 8.39. The molecule has 2 aromatic rings. The number of halogens is 2. The fourth-order valence-corrected chi connectivity index (χ4v) is 4.64. The number of carbonyl (C=O) groups excluding carboxylic acids is 1. The van der Waals surface area contributed by atoms with E-state index < -0.39 is 10.0 Å². The minimum Gasteiger partial charge on any atom is -0.324 e. The molecule has 6 nitrogen and oxygen atoms in total. The lowest BCUT2D eigenvalue weighted by Gasteiger charge is -2.33. The molecule has 0 saturated carbocycles. The zero-order chi connectivity index (χ0) is 19.4. The van der Waals surface area contributed by atoms with Gasteiger partial charge in [0.25, 0.3) is 0 Å². The van der Waals surface area contributed by atoms with Crippen molar-refractivity contribution in [2.45, 2.75) is 4.90 Å². The van der Waals surface area contributed by atoms with E-state index in [4.69, 9.17) is 23.2 Å². The second kappa shape index (κ2) is 8.58. The van der Waals surface area contributed by atoms with E-state index in [-0.39, 0.29) is 17.3 Å². The predicted molar refractivity (Wildman–Crippen MR) is 107 cm³/mol. The minimum absolute atomic E-state index is 0.155. The smallest absolute Gasteiger partial charge is 0.243 e. The Kier molecular flexibility index (Phi) is 6.39. The number of carbonyl (C=O) groups is 1. The van der Waals surface area contributed by atoms with Crippen LogP contribution in [-0.4, -0.2) is 56.3 Å². The molecule has 1 saturated heterocycles. The van der Waals surface area contributed by atoms with E-state index in [1.807, 2.05) is 4.90 Å². The second-order valence-corrected chi connectivity index (χ2v) is 8.95. The monoisotopic (exact) mass is 427 g/mol. The average molecular weight is 428 g/mol. The molecule has 0 spiro atoms. The highest BCUT2D eigenvalue weighted by Crippen LogP contribution is 2.25. The first-order valence-corrected chi connectivity index (χ1v) is 10.6. The van der Waals surface area contributed by atoms with E-state index in [2.05, 4.69) is 5.32 Å². The zero-order valence-electron chi connectivity index (χ0n) is 14.4. The van der Waals surface area contributed by atoms with Gasteiger partial charge in [-0.1, -0.05) is 41.4 Å². The molecular formula is C18H19Cl2N3O3S. The highest BCUT2D eigenvalue weighted by molar-refractivity contribution is 7.89. The summed E-state index contributed by atoms with van der Waals surface area (Å²) in [5.41, 5.74) is 0.458. The summed E-state index contributed by atoms with van der Waals surface area (Å²) in [6, 6.07) is 13.2. The molecule has 144 valence electrons. The summed E-state index contributed by atoms with van der Waals surface area (Å²) in [4.78, 5) is 14.4. The van der Waals surface area contributed by atoms with Gasteiger partial charge in [-0.25, -0.2) is 8.42 Å². The van der Waals surface area contributed by atoms with E-state index >= 15 is 0 Å². The van der Waals surface area contributed by atoms with Crippen LogP contribution in [0.4, 0.5) is 5.69 Å². The Hall–Kier alpha value is -1.64. The molecule has 0 aliphatic carbocycles. The zero-order valence-corrected chi connectivity index (χ0v) is 16.8. The van der Waals surface area contributed by atoms with Crippen molar-refractivity contribution in [3.8, 4) is 0 Å². The van der Waals surface area contributed by atoms with Crippen molar-refractivity contribution in [1.82, 2.24) is 9.21 Å². The highest BCUT2D eigenvalue weighted by atomic mass is 35.5. The van der Waals surface area contributed by atoms with Gasteiger partial charge in [0, 0.05) is 31.2 Å². The van der Waals surface area contributed by atoms with Crippen molar-refractivity contribution < 1.29 is 13.2 Å². The van der Waals surface area contributed by atoms with E-state index in [0.717, 1.165) is 0 Å². The van der Waals surface area contributed by atoms with Crippen LogP contribution in [0.1, 0.15) is 0 Å². The first-order chi connectivity index (χ1) is 12.9. The number of amides is 1. The van der Waals surface area contributed by atoms with E-state index in [9.17, 15) is 13.2 Å². The third kappa shape index (κ3) is 5.00. The number of hydrogen-bond acceptors (Lipinski definition) is 4. The van der Waals surface area contributed by atoms with Crippen LogP contribution in [0.25, 0.3) is 0 Å². The fraction of sp³-hybridized carbons (Fsp3) is 0.278. The summed E-state index contributed by atoms with van der Waals surface area (Å²) in [5.74, 6) is -0.224. The Balaban J connectivity index is 1.55. The molecule has 1 N–H and O–H groups in total. The van der Waals surface area contributed by atoms with Crippen LogP contribution >= 0.6 is 23.2 Å². The van der Waals surface area contributed by atoms with Gasteiger partial charge in [0.2, 0.25) is 15.9 Å². The van der Waals surface area contributed by atoms with E-state index in [0.29, 0.717) is 41.9 Å². The third-order valence-electron chi connectivity index (χ3n) is 4.28. The average Bonchev–Trinajstić information content (AvgIpc) is 2.66. The van der Waals surface area contributed by atoms with Crippen molar-refractivity contribution in [3.63, 3.8) is 0 Å². The predicted octanol–water partition coefficient (Wildman–Crippen LogP) is 2.94. The Morgan fingerprint density at radius 1 is 1.00 bits per heavy atom. The molecule has 0 atom stereocenters. The Labute approximate surface area is 168 Å². The maximum atomic E-state index is 12.6. The number of nitrogens with zero attached hydrogens (tertiary/aromatic N) is 2. The molecule has 1 fully saturated rings. The lowest BCUT2D eigenvalue weighted by molar-refractivity contribution is -0.117. The fourth-order valence-electron chi connectivity index (χ4n) is 2.86. The second-order valence-electron chi connectivity index (χ2n) is 6.17. The summed E-state index contributed by atoms with van der Waals surface area (Å²) in [5, 5.41) is 3.63. The van der Waals surface area contributed by atoms with Crippen LogP contribution in [0.15, 0.2) is 53.4 Å². The van der Waals surface area contributed by atoms with Crippen molar-refractivity contribution in [2.24, 2.45) is 0 Å². The van der Waals surface area contributed by atoms with E-state index in [1.165, 1.54) is 4.31 Å². The summed E-state index contributed by atoms with van der Waals surface area (Å²) in [6.45, 7) is 1.78. The van der Waals surface area contributed by atoms with Crippen LogP contribution in [0.3, 0.4) is 0 Å². The van der Waals surface area contributed by atoms with Gasteiger partial charge in [-0.05, 0) is 30.3 Å². The number of rotatable bonds is 5. The van der Waals surface area contributed by atoms with Crippen LogP contribution in [0.5, 0.6) is 0 Å². The number of benzene rings is 2. The summed E-state index contributed by atoms with van der Waals surface area (Å²) >= 11 is 12.0. The molecular weight excluding hydrogens is 409 g/mol. The molecule has 0 bridgehead atoms. The molecule has 0 unspecified atom stereocenters. The normalized spacial score (nSPS) is 16.2. The first kappa shape index (κ1) is 20.1. The number of sulfonamides is 1. The molecule has 0 radical (unpaired) electrons. The van der Waals surface area contributed by atoms with Gasteiger partial charge in [0.1, 0.15) is 0 Å². The van der Waals surface area contributed by atoms with Gasteiger partial charge in [-0.2, -0.15) is 4.31 Å². The third-order valence-corrected chi connectivity index (χ3v) is 6.76. The maximum Gasteiger partial charge on any atom is 0.243 e. The van der Waals surface area contributed by atoms with Crippen molar-refractivity contribution in [2.75, 3.05) is 38.0 Å². The standard InChI is InChI=1S/C18H19Cl2N3O3S/c19-14-6-7-16(20)17(12-14)21-18(24)13-22-8-10-23(11-9-22)27(25,26)15-4-2-1-3-5-15/h1-7,12H,8-11,13H2,(H,21,24). The van der Waals surface area contributed by atoms with Gasteiger partial charge >= 0.3 is 0 Å². The summed E-state index contributed by atoms with van der Waals surface area (Å²) in [6.07, 6.45) is 0. The molecule has 0 aromatic heterocycles. The number of nitrogens with one attached hydrogen (secondary N) is 1.